The summed E-state index contributed by atoms with van der Waals surface area (Å²) in [5.74, 6) is 0. The second kappa shape index (κ2) is 7.67. The molecule has 0 saturated carbocycles. The molecule has 0 aromatic rings. The largest absolute Gasteiger partial charge is 0.462 e. The fourth-order valence-corrected chi connectivity index (χ4v) is 1.70. The highest BCUT2D eigenvalue weighted by atomic mass is 16.5. The molecule has 4 nitrogen and oxygen atoms in total. The molecule has 0 aromatic carbocycles. The molecule has 2 N–H and O–H groups in total. The molecule has 0 radical (unpaired) electrons. The summed E-state index contributed by atoms with van der Waals surface area (Å²) >= 11 is 0. The van der Waals surface area contributed by atoms with Gasteiger partial charge in [-0.15, -0.1) is 0 Å². The summed E-state index contributed by atoms with van der Waals surface area (Å²) in [6.45, 7) is 13.8. The number of ether oxygens (including phenoxy) is 1. The van der Waals surface area contributed by atoms with E-state index in [-0.39, 0.29) is 5.60 Å². The second-order valence-electron chi connectivity index (χ2n) is 5.42. The third kappa shape index (κ3) is 7.34. The van der Waals surface area contributed by atoms with Gasteiger partial charge < -0.3 is 15.4 Å². The van der Waals surface area contributed by atoms with Crippen LogP contribution < -0.4 is 10.6 Å². The Hall–Kier alpha value is -0.610. The van der Waals surface area contributed by atoms with Gasteiger partial charge in [-0.25, -0.2) is 0 Å². The van der Waals surface area contributed by atoms with Crippen molar-refractivity contribution in [1.82, 2.24) is 10.6 Å². The van der Waals surface area contributed by atoms with Crippen molar-refractivity contribution in [3.8, 4) is 0 Å². The third-order valence-corrected chi connectivity index (χ3v) is 3.02. The van der Waals surface area contributed by atoms with Crippen LogP contribution in [0.25, 0.3) is 0 Å². The quantitative estimate of drug-likeness (QED) is 0.742. The Balaban J connectivity index is 0.000000325. The Morgan fingerprint density at radius 2 is 1.82 bits per heavy atom. The summed E-state index contributed by atoms with van der Waals surface area (Å²) in [6.07, 6.45) is 2.47. The van der Waals surface area contributed by atoms with E-state index in [2.05, 4.69) is 29.2 Å². The van der Waals surface area contributed by atoms with Crippen LogP contribution in [0.2, 0.25) is 0 Å². The summed E-state index contributed by atoms with van der Waals surface area (Å²) in [6, 6.07) is 0. The van der Waals surface area contributed by atoms with Crippen LogP contribution >= 0.6 is 0 Å². The van der Waals surface area contributed by atoms with Crippen molar-refractivity contribution in [2.24, 2.45) is 0 Å². The zero-order chi connectivity index (χ0) is 13.4. The van der Waals surface area contributed by atoms with Crippen LogP contribution in [0.5, 0.6) is 0 Å². The molecule has 102 valence electrons. The van der Waals surface area contributed by atoms with E-state index < -0.39 is 0 Å². The van der Waals surface area contributed by atoms with Gasteiger partial charge in [0.1, 0.15) is 5.60 Å². The minimum Gasteiger partial charge on any atom is -0.462 e. The summed E-state index contributed by atoms with van der Waals surface area (Å²) in [5, 5.41) is 6.98. The van der Waals surface area contributed by atoms with Crippen molar-refractivity contribution in [2.75, 3.05) is 19.6 Å². The fourth-order valence-electron chi connectivity index (χ4n) is 1.70. The molecule has 1 rings (SSSR count). The van der Waals surface area contributed by atoms with Gasteiger partial charge in [0.05, 0.1) is 0 Å². The van der Waals surface area contributed by atoms with E-state index in [4.69, 9.17) is 0 Å². The van der Waals surface area contributed by atoms with Gasteiger partial charge in [-0.1, -0.05) is 13.8 Å². The SMILES string of the molecule is CC(C)(C)OC=O.CCC1(CC)CNCCN1. The van der Waals surface area contributed by atoms with Gasteiger partial charge in [-0.05, 0) is 33.6 Å². The smallest absolute Gasteiger partial charge is 0.293 e. The predicted molar refractivity (Wildman–Crippen MR) is 71.1 cm³/mol. The van der Waals surface area contributed by atoms with Crippen molar-refractivity contribution in [2.45, 2.75) is 58.6 Å². The molecule has 0 aliphatic carbocycles. The van der Waals surface area contributed by atoms with Gasteiger partial charge in [-0.3, -0.25) is 4.79 Å². The second-order valence-corrected chi connectivity index (χ2v) is 5.42. The molecule has 4 heteroatoms. The van der Waals surface area contributed by atoms with Crippen LogP contribution in [0.4, 0.5) is 0 Å². The molecule has 0 spiro atoms. The number of hydrogen-bond donors (Lipinski definition) is 2. The molecule has 0 amide bonds. The van der Waals surface area contributed by atoms with Gasteiger partial charge >= 0.3 is 0 Å². The lowest BCUT2D eigenvalue weighted by Crippen LogP contribution is -2.58. The summed E-state index contributed by atoms with van der Waals surface area (Å²) < 4.78 is 4.55. The van der Waals surface area contributed by atoms with E-state index in [1.54, 1.807) is 0 Å². The first-order chi connectivity index (χ1) is 7.89. The van der Waals surface area contributed by atoms with Crippen LogP contribution in [0.3, 0.4) is 0 Å². The minimum absolute atomic E-state index is 0.318. The third-order valence-electron chi connectivity index (χ3n) is 3.02. The van der Waals surface area contributed by atoms with Crippen LogP contribution in [0.15, 0.2) is 0 Å². The lowest BCUT2D eigenvalue weighted by molar-refractivity contribution is -0.138. The lowest BCUT2D eigenvalue weighted by Gasteiger charge is -2.37. The van der Waals surface area contributed by atoms with Gasteiger partial charge in [0.15, 0.2) is 0 Å². The summed E-state index contributed by atoms with van der Waals surface area (Å²) in [4.78, 5) is 9.60. The van der Waals surface area contributed by atoms with E-state index in [0.29, 0.717) is 12.0 Å². The van der Waals surface area contributed by atoms with Gasteiger partial charge in [0.25, 0.3) is 6.47 Å². The first-order valence-corrected chi connectivity index (χ1v) is 6.46. The summed E-state index contributed by atoms with van der Waals surface area (Å²) in [7, 11) is 0. The predicted octanol–water partition coefficient (Wildman–Crippen LogP) is 1.70. The van der Waals surface area contributed by atoms with Crippen molar-refractivity contribution in [3.63, 3.8) is 0 Å². The number of carbonyl (C=O) groups excluding carboxylic acids is 1. The molecule has 1 fully saturated rings. The van der Waals surface area contributed by atoms with Crippen LogP contribution in [-0.4, -0.2) is 37.2 Å². The maximum atomic E-state index is 9.60. The fraction of sp³-hybridized carbons (Fsp3) is 0.923. The Morgan fingerprint density at radius 1 is 1.24 bits per heavy atom. The van der Waals surface area contributed by atoms with Gasteiger partial charge in [-0.2, -0.15) is 0 Å². The molecule has 1 aliphatic rings. The molecule has 1 heterocycles. The zero-order valence-electron chi connectivity index (χ0n) is 11.9. The monoisotopic (exact) mass is 244 g/mol. The lowest BCUT2D eigenvalue weighted by atomic mass is 9.91. The highest BCUT2D eigenvalue weighted by Crippen LogP contribution is 2.14. The molecule has 0 aromatic heterocycles. The van der Waals surface area contributed by atoms with E-state index in [1.807, 2.05) is 20.8 Å². The average Bonchev–Trinajstić information content (AvgIpc) is 2.29. The maximum absolute atomic E-state index is 9.60. The van der Waals surface area contributed by atoms with Crippen molar-refractivity contribution in [3.05, 3.63) is 0 Å². The molecular formula is C13H28N2O2. The van der Waals surface area contributed by atoms with Gasteiger partial charge in [0, 0.05) is 25.2 Å². The van der Waals surface area contributed by atoms with E-state index in [0.717, 1.165) is 19.6 Å². The standard InChI is InChI=1S/C8H18N2.C5H10O2/c1-3-8(4-2)7-9-5-6-10-8;1-5(2,3)7-4-6/h9-10H,3-7H2,1-2H3;4H,1-3H3. The highest BCUT2D eigenvalue weighted by molar-refractivity contribution is 5.37. The van der Waals surface area contributed by atoms with E-state index in [1.165, 1.54) is 12.8 Å². The molecule has 0 unspecified atom stereocenters. The number of hydrogen-bond acceptors (Lipinski definition) is 4. The van der Waals surface area contributed by atoms with Crippen molar-refractivity contribution >= 4 is 6.47 Å². The first-order valence-electron chi connectivity index (χ1n) is 6.46. The molecule has 17 heavy (non-hydrogen) atoms. The molecule has 1 saturated heterocycles. The Bertz CT molecular complexity index is 200. The maximum Gasteiger partial charge on any atom is 0.293 e. The van der Waals surface area contributed by atoms with Crippen LogP contribution in [0.1, 0.15) is 47.5 Å². The van der Waals surface area contributed by atoms with Gasteiger partial charge in [0.2, 0.25) is 0 Å². The molecule has 0 bridgehead atoms. The number of nitrogens with one attached hydrogen (secondary N) is 2. The Kier molecular flexibility index (Phi) is 7.39. The number of piperazine rings is 1. The van der Waals surface area contributed by atoms with Crippen molar-refractivity contribution < 1.29 is 9.53 Å². The molecule has 1 aliphatic heterocycles. The molecular weight excluding hydrogens is 216 g/mol. The zero-order valence-corrected chi connectivity index (χ0v) is 11.9. The number of carbonyl (C=O) groups is 1. The Morgan fingerprint density at radius 3 is 2.00 bits per heavy atom. The minimum atomic E-state index is -0.318. The van der Waals surface area contributed by atoms with Crippen LogP contribution in [-0.2, 0) is 9.53 Å². The number of rotatable bonds is 3. The topological polar surface area (TPSA) is 50.4 Å². The summed E-state index contributed by atoms with van der Waals surface area (Å²) in [5.41, 5.74) is 0.0833. The first kappa shape index (κ1) is 16.4. The average molecular weight is 244 g/mol. The van der Waals surface area contributed by atoms with E-state index >= 15 is 0 Å². The Labute approximate surface area is 105 Å². The normalized spacial score (nSPS) is 18.9. The van der Waals surface area contributed by atoms with Crippen LogP contribution in [0, 0.1) is 0 Å². The molecule has 0 atom stereocenters. The highest BCUT2D eigenvalue weighted by Gasteiger charge is 2.26. The van der Waals surface area contributed by atoms with E-state index in [9.17, 15) is 4.79 Å². The van der Waals surface area contributed by atoms with Crippen molar-refractivity contribution in [1.29, 1.82) is 0 Å².